The summed E-state index contributed by atoms with van der Waals surface area (Å²) in [6.45, 7) is 12.1. The number of likely N-dealkylation sites (tertiary alicyclic amines) is 1. The first kappa shape index (κ1) is 17.8. The number of urea groups is 1. The number of hydrogen-bond acceptors (Lipinski definition) is 2. The highest BCUT2D eigenvalue weighted by molar-refractivity contribution is 5.76. The Hall–Kier alpha value is -1.26. The summed E-state index contributed by atoms with van der Waals surface area (Å²) >= 11 is 0. The molecule has 2 amide bonds. The fourth-order valence-electron chi connectivity index (χ4n) is 2.87. The minimum Gasteiger partial charge on any atom is -0.481 e. The number of aliphatic carboxylic acids is 1. The lowest BCUT2D eigenvalue weighted by Crippen LogP contribution is -2.59. The van der Waals surface area contributed by atoms with Crippen LogP contribution in [0.2, 0.25) is 0 Å². The molecular weight excluding hydrogens is 268 g/mol. The third-order valence-corrected chi connectivity index (χ3v) is 4.47. The van der Waals surface area contributed by atoms with Gasteiger partial charge in [-0.1, -0.05) is 34.6 Å². The zero-order chi connectivity index (χ0) is 16.2. The van der Waals surface area contributed by atoms with E-state index >= 15 is 0 Å². The molecule has 0 radical (unpaired) electrons. The Labute approximate surface area is 128 Å². The van der Waals surface area contributed by atoms with Crippen LogP contribution in [0.4, 0.5) is 4.79 Å². The molecule has 0 aliphatic carbocycles. The molecule has 1 N–H and O–H groups in total. The van der Waals surface area contributed by atoms with Gasteiger partial charge in [0.15, 0.2) is 0 Å². The monoisotopic (exact) mass is 298 g/mol. The molecule has 0 aromatic carbocycles. The second-order valence-electron chi connectivity index (χ2n) is 6.59. The van der Waals surface area contributed by atoms with E-state index in [1.165, 1.54) is 0 Å². The van der Waals surface area contributed by atoms with Crippen molar-refractivity contribution in [2.45, 2.75) is 53.5 Å². The molecule has 1 heterocycles. The van der Waals surface area contributed by atoms with Crippen LogP contribution in [0.25, 0.3) is 0 Å². The van der Waals surface area contributed by atoms with Gasteiger partial charge in [-0.25, -0.2) is 4.79 Å². The Morgan fingerprint density at radius 2 is 1.71 bits per heavy atom. The van der Waals surface area contributed by atoms with Crippen molar-refractivity contribution in [1.82, 2.24) is 9.80 Å². The lowest BCUT2D eigenvalue weighted by Gasteiger charge is -2.45. The number of rotatable bonds is 7. The summed E-state index contributed by atoms with van der Waals surface area (Å²) < 4.78 is 0. The fraction of sp³-hybridized carbons (Fsp3) is 0.875. The molecule has 0 aromatic rings. The maximum absolute atomic E-state index is 12.7. The van der Waals surface area contributed by atoms with Crippen LogP contribution >= 0.6 is 0 Å². The lowest BCUT2D eigenvalue weighted by molar-refractivity contribution is -0.145. The van der Waals surface area contributed by atoms with E-state index in [9.17, 15) is 9.59 Å². The van der Waals surface area contributed by atoms with Crippen LogP contribution in [0.1, 0.15) is 47.5 Å². The molecule has 1 atom stereocenters. The first-order valence-electron chi connectivity index (χ1n) is 8.10. The summed E-state index contributed by atoms with van der Waals surface area (Å²) in [5, 5.41) is 9.02. The van der Waals surface area contributed by atoms with Gasteiger partial charge >= 0.3 is 12.0 Å². The second-order valence-corrected chi connectivity index (χ2v) is 6.59. The van der Waals surface area contributed by atoms with Crippen molar-refractivity contribution in [3.8, 4) is 0 Å². The summed E-state index contributed by atoms with van der Waals surface area (Å²) in [5.41, 5.74) is 0. The maximum atomic E-state index is 12.7. The average Bonchev–Trinajstić information content (AvgIpc) is 2.36. The SMILES string of the molecule is CCC(CC)N(CC(C)C)C(=O)N1CC(C(C)C(=O)O)C1. The quantitative estimate of drug-likeness (QED) is 0.786. The van der Waals surface area contributed by atoms with E-state index in [-0.39, 0.29) is 23.9 Å². The molecule has 1 aliphatic heterocycles. The van der Waals surface area contributed by atoms with Crippen LogP contribution in [0.5, 0.6) is 0 Å². The van der Waals surface area contributed by atoms with Crippen LogP contribution < -0.4 is 0 Å². The number of carboxylic acid groups (broad SMARTS) is 1. The van der Waals surface area contributed by atoms with Gasteiger partial charge in [0.25, 0.3) is 0 Å². The van der Waals surface area contributed by atoms with Gasteiger partial charge < -0.3 is 14.9 Å². The lowest BCUT2D eigenvalue weighted by atomic mass is 9.87. The Morgan fingerprint density at radius 3 is 2.10 bits per heavy atom. The van der Waals surface area contributed by atoms with E-state index in [2.05, 4.69) is 27.7 Å². The predicted octanol–water partition coefficient (Wildman–Crippen LogP) is 2.91. The van der Waals surface area contributed by atoms with Gasteiger partial charge in [0.05, 0.1) is 5.92 Å². The third kappa shape index (κ3) is 4.35. The minimum atomic E-state index is -0.772. The topological polar surface area (TPSA) is 60.9 Å². The normalized spacial score (nSPS) is 17.0. The van der Waals surface area contributed by atoms with Crippen molar-refractivity contribution in [2.75, 3.05) is 19.6 Å². The van der Waals surface area contributed by atoms with Crippen LogP contribution in [-0.4, -0.2) is 52.6 Å². The number of hydrogen-bond donors (Lipinski definition) is 1. The molecular formula is C16H30N2O3. The smallest absolute Gasteiger partial charge is 0.320 e. The van der Waals surface area contributed by atoms with Gasteiger partial charge in [-0.3, -0.25) is 4.79 Å². The molecule has 5 heteroatoms. The van der Waals surface area contributed by atoms with E-state index in [0.29, 0.717) is 19.0 Å². The van der Waals surface area contributed by atoms with Crippen molar-refractivity contribution < 1.29 is 14.7 Å². The molecule has 1 aliphatic rings. The highest BCUT2D eigenvalue weighted by atomic mass is 16.4. The minimum absolute atomic E-state index is 0.0752. The van der Waals surface area contributed by atoms with Gasteiger partial charge in [-0.05, 0) is 18.8 Å². The Bertz CT molecular complexity index is 361. The molecule has 1 saturated heterocycles. The second kappa shape index (κ2) is 7.66. The van der Waals surface area contributed by atoms with Gasteiger partial charge in [-0.15, -0.1) is 0 Å². The molecule has 5 nitrogen and oxygen atoms in total. The number of carbonyl (C=O) groups excluding carboxylic acids is 1. The van der Waals surface area contributed by atoms with E-state index in [4.69, 9.17) is 5.11 Å². The maximum Gasteiger partial charge on any atom is 0.320 e. The first-order chi connectivity index (χ1) is 9.81. The number of nitrogens with zero attached hydrogens (tertiary/aromatic N) is 2. The number of carboxylic acids is 1. The molecule has 1 fully saturated rings. The van der Waals surface area contributed by atoms with Gasteiger partial charge in [0.2, 0.25) is 0 Å². The average molecular weight is 298 g/mol. The summed E-state index contributed by atoms with van der Waals surface area (Å²) in [6, 6.07) is 0.349. The highest BCUT2D eigenvalue weighted by Crippen LogP contribution is 2.26. The van der Waals surface area contributed by atoms with Crippen molar-refractivity contribution in [2.24, 2.45) is 17.8 Å². The van der Waals surface area contributed by atoms with Crippen molar-refractivity contribution in [1.29, 1.82) is 0 Å². The van der Waals surface area contributed by atoms with E-state index in [1.54, 1.807) is 11.8 Å². The zero-order valence-electron chi connectivity index (χ0n) is 14.0. The van der Waals surface area contributed by atoms with Gasteiger partial charge in [-0.2, -0.15) is 0 Å². The molecule has 21 heavy (non-hydrogen) atoms. The molecule has 0 saturated carbocycles. The zero-order valence-corrected chi connectivity index (χ0v) is 14.0. The fourth-order valence-corrected chi connectivity index (χ4v) is 2.87. The van der Waals surface area contributed by atoms with Crippen LogP contribution in [0, 0.1) is 17.8 Å². The highest BCUT2D eigenvalue weighted by Gasteiger charge is 2.39. The Balaban J connectivity index is 2.64. The van der Waals surface area contributed by atoms with Crippen molar-refractivity contribution in [3.63, 3.8) is 0 Å². The molecule has 122 valence electrons. The molecule has 0 bridgehead atoms. The van der Waals surface area contributed by atoms with Gasteiger partial charge in [0, 0.05) is 31.6 Å². The van der Waals surface area contributed by atoms with Crippen LogP contribution in [0.15, 0.2) is 0 Å². The van der Waals surface area contributed by atoms with Crippen molar-refractivity contribution >= 4 is 12.0 Å². The van der Waals surface area contributed by atoms with E-state index < -0.39 is 5.97 Å². The predicted molar refractivity (Wildman–Crippen MR) is 83.2 cm³/mol. The largest absolute Gasteiger partial charge is 0.481 e. The number of amides is 2. The number of carbonyl (C=O) groups is 2. The third-order valence-electron chi connectivity index (χ3n) is 4.47. The molecule has 1 unspecified atom stereocenters. The van der Waals surface area contributed by atoms with Crippen LogP contribution in [0.3, 0.4) is 0 Å². The first-order valence-corrected chi connectivity index (χ1v) is 8.10. The van der Waals surface area contributed by atoms with Gasteiger partial charge in [0.1, 0.15) is 0 Å². The van der Waals surface area contributed by atoms with Crippen LogP contribution in [-0.2, 0) is 4.79 Å². The summed E-state index contributed by atoms with van der Waals surface area (Å²) in [5.74, 6) is -0.620. The van der Waals surface area contributed by atoms with E-state index in [1.807, 2.05) is 4.90 Å². The molecule has 0 spiro atoms. The van der Waals surface area contributed by atoms with Crippen molar-refractivity contribution in [3.05, 3.63) is 0 Å². The Morgan fingerprint density at radius 1 is 1.19 bits per heavy atom. The standard InChI is InChI=1S/C16H30N2O3/c1-6-14(7-2)18(8-11(3)4)16(21)17-9-13(10-17)12(5)15(19)20/h11-14H,6-10H2,1-5H3,(H,19,20). The summed E-state index contributed by atoms with van der Waals surface area (Å²) in [7, 11) is 0. The van der Waals surface area contributed by atoms with E-state index in [0.717, 1.165) is 19.4 Å². The molecule has 0 aromatic heterocycles. The summed E-state index contributed by atoms with van der Waals surface area (Å²) in [6.07, 6.45) is 1.91. The summed E-state index contributed by atoms with van der Waals surface area (Å²) in [4.78, 5) is 27.4. The Kier molecular flexibility index (Phi) is 6.49. The molecule has 1 rings (SSSR count).